The Morgan fingerprint density at radius 2 is 1.70 bits per heavy atom. The van der Waals surface area contributed by atoms with Gasteiger partial charge in [0.25, 0.3) is 0 Å². The lowest BCUT2D eigenvalue weighted by Gasteiger charge is -2.39. The van der Waals surface area contributed by atoms with E-state index >= 15 is 0 Å². The second kappa shape index (κ2) is 8.75. The summed E-state index contributed by atoms with van der Waals surface area (Å²) in [5.41, 5.74) is 4.34. The maximum atomic E-state index is 10.3. The van der Waals surface area contributed by atoms with Gasteiger partial charge in [0.1, 0.15) is 30.2 Å². The van der Waals surface area contributed by atoms with E-state index in [-0.39, 0.29) is 0 Å². The Kier molecular flexibility index (Phi) is 6.08. The molecule has 0 radical (unpaired) electrons. The molecule has 7 heteroatoms. The van der Waals surface area contributed by atoms with Crippen LogP contribution in [-0.4, -0.2) is 62.7 Å². The number of aliphatic hydroxyl groups excluding tert-OH is 4. The summed E-state index contributed by atoms with van der Waals surface area (Å²) in [4.78, 5) is 3.24. The lowest BCUT2D eigenvalue weighted by Crippen LogP contribution is -2.60. The third kappa shape index (κ3) is 3.95. The molecule has 5 atom stereocenters. The zero-order chi connectivity index (χ0) is 21.3. The van der Waals surface area contributed by atoms with E-state index in [1.165, 1.54) is 5.56 Å². The fourth-order valence-electron chi connectivity index (χ4n) is 3.86. The average molecular weight is 413 g/mol. The first-order valence-corrected chi connectivity index (χ1v) is 10.2. The summed E-state index contributed by atoms with van der Waals surface area (Å²) in [6.45, 7) is 1.62. The predicted molar refractivity (Wildman–Crippen MR) is 111 cm³/mol. The Morgan fingerprint density at radius 1 is 0.967 bits per heavy atom. The monoisotopic (exact) mass is 413 g/mol. The molecule has 1 aliphatic heterocycles. The lowest BCUT2D eigenvalue weighted by atomic mass is 9.99. The van der Waals surface area contributed by atoms with Crippen molar-refractivity contribution in [1.82, 2.24) is 4.98 Å². The lowest BCUT2D eigenvalue weighted by molar-refractivity contribution is -0.277. The maximum absolute atomic E-state index is 10.3. The zero-order valence-corrected chi connectivity index (χ0v) is 16.7. The molecule has 1 fully saturated rings. The molecule has 1 aromatic heterocycles. The Morgan fingerprint density at radius 3 is 2.40 bits per heavy atom. The van der Waals surface area contributed by atoms with Crippen LogP contribution in [0, 0.1) is 0 Å². The van der Waals surface area contributed by atoms with Crippen molar-refractivity contribution >= 4 is 10.9 Å². The molecule has 0 aliphatic carbocycles. The summed E-state index contributed by atoms with van der Waals surface area (Å²) in [5, 5.41) is 40.6. The molecule has 30 heavy (non-hydrogen) atoms. The van der Waals surface area contributed by atoms with Crippen LogP contribution in [0.1, 0.15) is 23.6 Å². The predicted octanol–water partition coefficient (Wildman–Crippen LogP) is 1.50. The Bertz CT molecular complexity index is 983. The molecule has 0 unspecified atom stereocenters. The van der Waals surface area contributed by atoms with Crippen LogP contribution < -0.4 is 4.74 Å². The van der Waals surface area contributed by atoms with E-state index in [1.54, 1.807) is 6.07 Å². The first kappa shape index (κ1) is 20.8. The third-order valence-corrected chi connectivity index (χ3v) is 5.67. The smallest absolute Gasteiger partial charge is 0.229 e. The molecule has 0 saturated carbocycles. The van der Waals surface area contributed by atoms with Gasteiger partial charge in [-0.1, -0.05) is 37.3 Å². The van der Waals surface area contributed by atoms with E-state index in [2.05, 4.69) is 36.2 Å². The summed E-state index contributed by atoms with van der Waals surface area (Å²) in [7, 11) is 0. The number of rotatable bonds is 6. The minimum Gasteiger partial charge on any atom is -0.461 e. The van der Waals surface area contributed by atoms with Crippen molar-refractivity contribution in [1.29, 1.82) is 0 Å². The van der Waals surface area contributed by atoms with Gasteiger partial charge in [0, 0.05) is 17.1 Å². The van der Waals surface area contributed by atoms with Crippen LogP contribution in [0.3, 0.4) is 0 Å². The van der Waals surface area contributed by atoms with Gasteiger partial charge in [-0.3, -0.25) is 0 Å². The molecule has 5 N–H and O–H groups in total. The van der Waals surface area contributed by atoms with Crippen LogP contribution >= 0.6 is 0 Å². The van der Waals surface area contributed by atoms with Gasteiger partial charge in [-0.05, 0) is 41.7 Å². The molecule has 2 aromatic carbocycles. The van der Waals surface area contributed by atoms with E-state index in [4.69, 9.17) is 9.47 Å². The molecule has 1 saturated heterocycles. The summed E-state index contributed by atoms with van der Waals surface area (Å²) in [5.74, 6) is 0.484. The number of nitrogens with one attached hydrogen (secondary N) is 1. The van der Waals surface area contributed by atoms with Gasteiger partial charge in [0.05, 0.1) is 6.61 Å². The normalized spacial score (nSPS) is 26.8. The number of fused-ring (bicyclic) bond motifs is 1. The van der Waals surface area contributed by atoms with Gasteiger partial charge in [0.2, 0.25) is 6.29 Å². The second-order valence-electron chi connectivity index (χ2n) is 7.65. The Balaban J connectivity index is 1.62. The number of aliphatic hydroxyl groups is 4. The third-order valence-electron chi connectivity index (χ3n) is 5.67. The molecule has 0 bridgehead atoms. The summed E-state index contributed by atoms with van der Waals surface area (Å²) >= 11 is 0. The minimum absolute atomic E-state index is 0.484. The van der Waals surface area contributed by atoms with Crippen molar-refractivity contribution in [3.05, 3.63) is 65.4 Å². The number of aromatic amines is 1. The highest BCUT2D eigenvalue weighted by molar-refractivity contribution is 5.89. The highest BCUT2D eigenvalue weighted by Gasteiger charge is 2.44. The van der Waals surface area contributed by atoms with Crippen LogP contribution in [0.5, 0.6) is 5.75 Å². The van der Waals surface area contributed by atoms with Crippen molar-refractivity contribution in [3.63, 3.8) is 0 Å². The number of hydrogen-bond donors (Lipinski definition) is 5. The van der Waals surface area contributed by atoms with Crippen LogP contribution in [0.15, 0.2) is 48.7 Å². The summed E-state index contributed by atoms with van der Waals surface area (Å²) in [6, 6.07) is 14.0. The highest BCUT2D eigenvalue weighted by Crippen LogP contribution is 2.33. The van der Waals surface area contributed by atoms with E-state index in [9.17, 15) is 20.4 Å². The summed E-state index contributed by atoms with van der Waals surface area (Å²) < 4.78 is 11.4. The van der Waals surface area contributed by atoms with Crippen molar-refractivity contribution < 1.29 is 29.9 Å². The van der Waals surface area contributed by atoms with Crippen molar-refractivity contribution in [2.24, 2.45) is 0 Å². The van der Waals surface area contributed by atoms with Crippen LogP contribution in [0.4, 0.5) is 0 Å². The molecule has 2 heterocycles. The van der Waals surface area contributed by atoms with Crippen molar-refractivity contribution in [3.8, 4) is 5.75 Å². The van der Waals surface area contributed by atoms with Crippen LogP contribution in [0.25, 0.3) is 10.9 Å². The molecular formula is C23H27NO6. The quantitative estimate of drug-likeness (QED) is 0.418. The fourth-order valence-corrected chi connectivity index (χ4v) is 3.86. The average Bonchev–Trinajstić information content (AvgIpc) is 3.18. The van der Waals surface area contributed by atoms with Crippen molar-refractivity contribution in [2.45, 2.75) is 50.5 Å². The first-order chi connectivity index (χ1) is 14.5. The Labute approximate surface area is 174 Å². The molecule has 1 aliphatic rings. The first-order valence-electron chi connectivity index (χ1n) is 10.2. The standard InChI is InChI=1S/C23H27NO6/c1-2-13-6-8-14(9-7-13)10-15-11-24-16-4-3-5-17(19(15)16)29-23-22(28)21(27)20(26)18(12-25)30-23/h3-9,11,18,20-28H,2,10,12H2,1H3/t18-,20-,21+,22-,23-/m1/s1. The number of H-pyrrole nitrogens is 1. The molecule has 7 nitrogen and oxygen atoms in total. The van der Waals surface area contributed by atoms with Gasteiger partial charge >= 0.3 is 0 Å². The summed E-state index contributed by atoms with van der Waals surface area (Å²) in [6.07, 6.45) is -2.99. The molecular weight excluding hydrogens is 386 g/mol. The van der Waals surface area contributed by atoms with E-state index in [0.717, 1.165) is 28.5 Å². The molecule has 4 rings (SSSR count). The molecule has 3 aromatic rings. The molecule has 0 amide bonds. The SMILES string of the molecule is CCc1ccc(Cc2c[nH]c3cccc(O[C@@H]4O[C@H](CO)[C@@H](O)[C@H](O)[C@H]4O)c23)cc1. The fraction of sp³-hybridized carbons (Fsp3) is 0.391. The second-order valence-corrected chi connectivity index (χ2v) is 7.65. The topological polar surface area (TPSA) is 115 Å². The van der Waals surface area contributed by atoms with Gasteiger partial charge in [-0.2, -0.15) is 0 Å². The molecule has 0 spiro atoms. The van der Waals surface area contributed by atoms with Crippen LogP contribution in [0.2, 0.25) is 0 Å². The van der Waals surface area contributed by atoms with Crippen molar-refractivity contribution in [2.75, 3.05) is 6.61 Å². The maximum Gasteiger partial charge on any atom is 0.229 e. The Hall–Kier alpha value is -2.42. The van der Waals surface area contributed by atoms with E-state index in [0.29, 0.717) is 12.2 Å². The number of benzene rings is 2. The largest absolute Gasteiger partial charge is 0.461 e. The van der Waals surface area contributed by atoms with Gasteiger partial charge < -0.3 is 34.9 Å². The van der Waals surface area contributed by atoms with Crippen LogP contribution in [-0.2, 0) is 17.6 Å². The van der Waals surface area contributed by atoms with Gasteiger partial charge in [-0.15, -0.1) is 0 Å². The number of ether oxygens (including phenoxy) is 2. The van der Waals surface area contributed by atoms with E-state index < -0.39 is 37.3 Å². The van der Waals surface area contributed by atoms with Gasteiger partial charge in [0.15, 0.2) is 0 Å². The number of aryl methyl sites for hydroxylation is 1. The van der Waals surface area contributed by atoms with E-state index in [1.807, 2.05) is 18.3 Å². The highest BCUT2D eigenvalue weighted by atomic mass is 16.7. The number of aromatic nitrogens is 1. The van der Waals surface area contributed by atoms with Gasteiger partial charge in [-0.25, -0.2) is 0 Å². The molecule has 160 valence electrons. The minimum atomic E-state index is -1.48. The number of hydrogen-bond acceptors (Lipinski definition) is 6. The zero-order valence-electron chi connectivity index (χ0n) is 16.7.